The zero-order valence-electron chi connectivity index (χ0n) is 21.4. The predicted molar refractivity (Wildman–Crippen MR) is 147 cm³/mol. The number of thioether (sulfide) groups is 1. The summed E-state index contributed by atoms with van der Waals surface area (Å²) in [6, 6.07) is 14.8. The van der Waals surface area contributed by atoms with Crippen molar-refractivity contribution in [3.8, 4) is 0 Å². The fourth-order valence-electron chi connectivity index (χ4n) is 3.39. The Labute approximate surface area is 214 Å². The van der Waals surface area contributed by atoms with Crippen LogP contribution in [0.2, 0.25) is 0 Å². The first-order valence-electron chi connectivity index (χ1n) is 12.2. The lowest BCUT2D eigenvalue weighted by Gasteiger charge is -2.18. The van der Waals surface area contributed by atoms with Gasteiger partial charge in [0.1, 0.15) is 5.82 Å². The number of aliphatic imine (C=N–C) groups is 1. The molecule has 6 heteroatoms. The number of unbranched alkanes of at least 4 members (excludes halogenated alkanes) is 2. The van der Waals surface area contributed by atoms with Gasteiger partial charge in [-0.2, -0.15) is 0 Å². The third-order valence-electron chi connectivity index (χ3n) is 5.76. The number of rotatable bonds is 15. The van der Waals surface area contributed by atoms with Gasteiger partial charge in [0.15, 0.2) is 5.78 Å². The minimum atomic E-state index is -0.235. The highest BCUT2D eigenvalue weighted by atomic mass is 32.2. The first-order chi connectivity index (χ1) is 16.8. The Morgan fingerprint density at radius 3 is 2.60 bits per heavy atom. The van der Waals surface area contributed by atoms with E-state index < -0.39 is 0 Å². The quantitative estimate of drug-likeness (QED) is 0.0967. The van der Waals surface area contributed by atoms with Crippen LogP contribution in [0.4, 0.5) is 4.39 Å². The smallest absolute Gasteiger partial charge is 0.154 e. The Kier molecular flexibility index (Phi) is 12.7. The summed E-state index contributed by atoms with van der Waals surface area (Å²) in [5.74, 6) is -0.329. The van der Waals surface area contributed by atoms with Crippen LogP contribution in [0, 0.1) is 11.7 Å². The number of halogens is 1. The van der Waals surface area contributed by atoms with Crippen LogP contribution < -0.4 is 5.43 Å². The molecule has 0 radical (unpaired) electrons. The Hall–Kier alpha value is -2.54. The van der Waals surface area contributed by atoms with Crippen molar-refractivity contribution in [3.05, 3.63) is 88.2 Å². The monoisotopic (exact) mass is 495 g/mol. The van der Waals surface area contributed by atoms with Gasteiger partial charge in [-0.05, 0) is 61.9 Å². The molecule has 188 valence electrons. The standard InChI is InChI=1S/C29H38FN3OS/c1-6-7-10-19-33(5)32-21-27(34)22(2)13-18-28(23(3)31-4)35-29-12-9-8-11-25(29)20-24-14-16-26(30)17-15-24/h8-9,11-18,22,32H,4,6-7,10,19-21H2,1-3,5H3/b18-13-,28-23-. The van der Waals surface area contributed by atoms with E-state index in [9.17, 15) is 9.18 Å². The van der Waals surface area contributed by atoms with Crippen LogP contribution in [0.1, 0.15) is 51.2 Å². The second-order valence-corrected chi connectivity index (χ2v) is 9.78. The maximum Gasteiger partial charge on any atom is 0.154 e. The molecule has 0 amide bonds. The lowest BCUT2D eigenvalue weighted by atomic mass is 10.1. The van der Waals surface area contributed by atoms with Gasteiger partial charge in [-0.1, -0.05) is 74.9 Å². The minimum absolute atomic E-state index is 0.133. The first-order valence-corrected chi connectivity index (χ1v) is 13.0. The molecule has 0 bridgehead atoms. The van der Waals surface area contributed by atoms with E-state index in [4.69, 9.17) is 0 Å². The second-order valence-electron chi connectivity index (χ2n) is 8.70. The molecular formula is C29H38FN3OS. The molecule has 0 spiro atoms. The molecule has 0 aliphatic rings. The number of hydrazine groups is 1. The van der Waals surface area contributed by atoms with E-state index in [1.807, 2.05) is 62.3 Å². The molecule has 0 heterocycles. The van der Waals surface area contributed by atoms with Crippen LogP contribution in [0.3, 0.4) is 0 Å². The van der Waals surface area contributed by atoms with Crippen LogP contribution in [0.5, 0.6) is 0 Å². The maximum absolute atomic E-state index is 13.3. The van der Waals surface area contributed by atoms with Crippen LogP contribution in [0.15, 0.2) is 81.2 Å². The number of hydrogen-bond acceptors (Lipinski definition) is 5. The fourth-order valence-corrected chi connectivity index (χ4v) is 4.40. The largest absolute Gasteiger partial charge is 0.298 e. The molecule has 1 N–H and O–H groups in total. The van der Waals surface area contributed by atoms with Gasteiger partial charge >= 0.3 is 0 Å². The Morgan fingerprint density at radius 1 is 1.20 bits per heavy atom. The summed E-state index contributed by atoms with van der Waals surface area (Å²) < 4.78 is 13.3. The third kappa shape index (κ3) is 10.3. The average molecular weight is 496 g/mol. The van der Waals surface area contributed by atoms with Crippen molar-refractivity contribution in [2.75, 3.05) is 20.1 Å². The Bertz CT molecular complexity index is 1020. The summed E-state index contributed by atoms with van der Waals surface area (Å²) in [6.07, 6.45) is 8.09. The molecule has 1 atom stereocenters. The number of carbonyl (C=O) groups is 1. The topological polar surface area (TPSA) is 44.7 Å². The van der Waals surface area contributed by atoms with Gasteiger partial charge in [-0.15, -0.1) is 0 Å². The molecule has 0 saturated carbocycles. The van der Waals surface area contributed by atoms with Crippen molar-refractivity contribution in [2.24, 2.45) is 10.9 Å². The van der Waals surface area contributed by atoms with Crippen molar-refractivity contribution in [1.82, 2.24) is 10.4 Å². The molecule has 0 aromatic heterocycles. The summed E-state index contributed by atoms with van der Waals surface area (Å²) in [5, 5.41) is 2.00. The zero-order chi connectivity index (χ0) is 25.6. The fraction of sp³-hybridized carbons (Fsp3) is 0.379. The van der Waals surface area contributed by atoms with E-state index in [1.165, 1.54) is 25.0 Å². The van der Waals surface area contributed by atoms with E-state index in [0.29, 0.717) is 13.0 Å². The number of nitrogens with zero attached hydrogens (tertiary/aromatic N) is 2. The summed E-state index contributed by atoms with van der Waals surface area (Å²) in [5.41, 5.74) is 6.19. The van der Waals surface area contributed by atoms with E-state index in [-0.39, 0.29) is 17.5 Å². The molecule has 0 aliphatic heterocycles. The molecule has 1 unspecified atom stereocenters. The third-order valence-corrected chi connectivity index (χ3v) is 7.03. The average Bonchev–Trinajstić information content (AvgIpc) is 2.86. The molecular weight excluding hydrogens is 457 g/mol. The van der Waals surface area contributed by atoms with Gasteiger partial charge < -0.3 is 0 Å². The zero-order valence-corrected chi connectivity index (χ0v) is 22.2. The van der Waals surface area contributed by atoms with Gasteiger partial charge in [-0.3, -0.25) is 9.79 Å². The van der Waals surface area contributed by atoms with Crippen LogP contribution >= 0.6 is 11.8 Å². The van der Waals surface area contributed by atoms with Crippen molar-refractivity contribution < 1.29 is 9.18 Å². The molecule has 0 saturated heterocycles. The predicted octanol–water partition coefficient (Wildman–Crippen LogP) is 6.83. The molecule has 2 aromatic carbocycles. The first kappa shape index (κ1) is 28.7. The van der Waals surface area contributed by atoms with Gasteiger partial charge in [-0.25, -0.2) is 14.8 Å². The van der Waals surface area contributed by atoms with Crippen LogP contribution in [-0.4, -0.2) is 37.6 Å². The van der Waals surface area contributed by atoms with Gasteiger partial charge in [0, 0.05) is 29.3 Å². The number of Topliss-reactive ketones (excluding diaryl/α,β-unsaturated/α-hetero) is 1. The van der Waals surface area contributed by atoms with Crippen molar-refractivity contribution in [3.63, 3.8) is 0 Å². The number of nitrogens with one attached hydrogen (secondary N) is 1. The molecule has 0 fully saturated rings. The van der Waals surface area contributed by atoms with Gasteiger partial charge in [0.25, 0.3) is 0 Å². The Morgan fingerprint density at radius 2 is 1.91 bits per heavy atom. The van der Waals surface area contributed by atoms with Crippen molar-refractivity contribution >= 4 is 24.3 Å². The van der Waals surface area contributed by atoms with Crippen molar-refractivity contribution in [1.29, 1.82) is 0 Å². The van der Waals surface area contributed by atoms with E-state index in [2.05, 4.69) is 36.2 Å². The summed E-state index contributed by atoms with van der Waals surface area (Å²) >= 11 is 1.60. The lowest BCUT2D eigenvalue weighted by Crippen LogP contribution is -2.39. The number of allylic oxidation sites excluding steroid dienone is 3. The van der Waals surface area contributed by atoms with Gasteiger partial charge in [0.2, 0.25) is 0 Å². The second kappa shape index (κ2) is 15.5. The van der Waals surface area contributed by atoms with Gasteiger partial charge in [0.05, 0.1) is 12.2 Å². The van der Waals surface area contributed by atoms with Crippen molar-refractivity contribution in [2.45, 2.75) is 51.3 Å². The maximum atomic E-state index is 13.3. The van der Waals surface area contributed by atoms with E-state index >= 15 is 0 Å². The molecule has 0 aliphatic carbocycles. The SMILES string of the molecule is C=N/C(C)=C(/C=C\C(C)C(=O)CNN(C)CCCCC)Sc1ccccc1Cc1ccc(F)cc1. The number of ketones is 1. The van der Waals surface area contributed by atoms with Crippen LogP contribution in [-0.2, 0) is 11.2 Å². The molecule has 2 rings (SSSR count). The Balaban J connectivity index is 2.06. The summed E-state index contributed by atoms with van der Waals surface area (Å²) in [6.45, 7) is 10.9. The minimum Gasteiger partial charge on any atom is -0.298 e. The molecule has 2 aromatic rings. The highest BCUT2D eigenvalue weighted by Crippen LogP contribution is 2.34. The summed E-state index contributed by atoms with van der Waals surface area (Å²) in [4.78, 5) is 18.8. The van der Waals surface area contributed by atoms with E-state index in [1.54, 1.807) is 11.8 Å². The van der Waals surface area contributed by atoms with E-state index in [0.717, 1.165) is 39.6 Å². The lowest BCUT2D eigenvalue weighted by molar-refractivity contribution is -0.121. The summed E-state index contributed by atoms with van der Waals surface area (Å²) in [7, 11) is 1.98. The number of carbonyl (C=O) groups excluding carboxylic acids is 1. The highest BCUT2D eigenvalue weighted by Gasteiger charge is 2.12. The number of hydrogen-bond donors (Lipinski definition) is 1. The molecule has 35 heavy (non-hydrogen) atoms. The highest BCUT2D eigenvalue weighted by molar-refractivity contribution is 8.03. The van der Waals surface area contributed by atoms with Crippen LogP contribution in [0.25, 0.3) is 0 Å². The number of benzene rings is 2. The normalized spacial score (nSPS) is 13.2. The molecule has 4 nitrogen and oxygen atoms in total.